The van der Waals surface area contributed by atoms with Crippen molar-refractivity contribution in [1.82, 2.24) is 9.55 Å². The third kappa shape index (κ3) is 1.16. The van der Waals surface area contributed by atoms with Crippen LogP contribution in [0.2, 0.25) is 0 Å². The molecule has 68 valence electrons. The van der Waals surface area contributed by atoms with E-state index in [4.69, 9.17) is 5.73 Å². The molecule has 0 spiro atoms. The van der Waals surface area contributed by atoms with Crippen LogP contribution in [-0.2, 0) is 13.5 Å². The Bertz CT molecular complexity index is 443. The smallest absolute Gasteiger partial charge is 0.125 e. The van der Waals surface area contributed by atoms with Crippen LogP contribution in [0.1, 0.15) is 12.6 Å². The van der Waals surface area contributed by atoms with Crippen molar-refractivity contribution < 1.29 is 0 Å². The molecule has 13 heavy (non-hydrogen) atoms. The lowest BCUT2D eigenvalue weighted by atomic mass is 10.3. The van der Waals surface area contributed by atoms with E-state index in [0.717, 1.165) is 17.3 Å². The van der Waals surface area contributed by atoms with Gasteiger partial charge in [-0.25, -0.2) is 4.98 Å². The molecule has 2 N–H and O–H groups in total. The minimum atomic E-state index is 0.580. The van der Waals surface area contributed by atoms with Gasteiger partial charge in [0, 0.05) is 30.4 Å². The first-order chi connectivity index (χ1) is 6.22. The van der Waals surface area contributed by atoms with Gasteiger partial charge in [0.2, 0.25) is 0 Å². The molecule has 3 heteroatoms. The molecule has 0 aliphatic carbocycles. The quantitative estimate of drug-likeness (QED) is 0.717. The molecule has 0 saturated heterocycles. The predicted octanol–water partition coefficient (Wildman–Crippen LogP) is 1.72. The van der Waals surface area contributed by atoms with Gasteiger partial charge in [0.15, 0.2) is 0 Å². The van der Waals surface area contributed by atoms with Crippen LogP contribution in [0.25, 0.3) is 10.9 Å². The average molecular weight is 175 g/mol. The summed E-state index contributed by atoms with van der Waals surface area (Å²) in [7, 11) is 2.06. The molecule has 0 amide bonds. The average Bonchev–Trinajstić information content (AvgIpc) is 2.44. The van der Waals surface area contributed by atoms with Crippen LogP contribution in [-0.4, -0.2) is 9.55 Å². The summed E-state index contributed by atoms with van der Waals surface area (Å²) in [5, 5.41) is 1.16. The number of pyridine rings is 1. The van der Waals surface area contributed by atoms with Crippen LogP contribution in [0.5, 0.6) is 0 Å². The number of aryl methyl sites for hydroxylation is 2. The standard InChI is InChI=1S/C10H13N3/c1-3-8-4-7-6-12-10(11)5-9(7)13(8)2/h4-6H,3H2,1-2H3,(H2,11,12). The van der Waals surface area contributed by atoms with E-state index in [1.807, 2.05) is 12.3 Å². The summed E-state index contributed by atoms with van der Waals surface area (Å²) < 4.78 is 2.16. The van der Waals surface area contributed by atoms with Crippen LogP contribution in [0.3, 0.4) is 0 Å². The molecule has 2 rings (SSSR count). The number of hydrogen-bond donors (Lipinski definition) is 1. The zero-order chi connectivity index (χ0) is 9.42. The molecule has 0 aliphatic rings. The van der Waals surface area contributed by atoms with E-state index in [1.165, 1.54) is 5.69 Å². The van der Waals surface area contributed by atoms with E-state index in [2.05, 4.69) is 29.6 Å². The summed E-state index contributed by atoms with van der Waals surface area (Å²) in [4.78, 5) is 4.06. The third-order valence-electron chi connectivity index (χ3n) is 2.41. The number of nitrogen functional groups attached to an aromatic ring is 1. The molecule has 0 unspecified atom stereocenters. The van der Waals surface area contributed by atoms with E-state index in [-0.39, 0.29) is 0 Å². The fourth-order valence-electron chi connectivity index (χ4n) is 1.64. The summed E-state index contributed by atoms with van der Waals surface area (Å²) in [6, 6.07) is 4.07. The van der Waals surface area contributed by atoms with Crippen molar-refractivity contribution in [2.75, 3.05) is 5.73 Å². The minimum absolute atomic E-state index is 0.580. The highest BCUT2D eigenvalue weighted by atomic mass is 15.0. The lowest BCUT2D eigenvalue weighted by Crippen LogP contribution is -1.94. The van der Waals surface area contributed by atoms with Crippen molar-refractivity contribution in [2.24, 2.45) is 7.05 Å². The van der Waals surface area contributed by atoms with Crippen LogP contribution >= 0.6 is 0 Å². The maximum atomic E-state index is 5.62. The van der Waals surface area contributed by atoms with Crippen molar-refractivity contribution >= 4 is 16.7 Å². The maximum absolute atomic E-state index is 5.62. The Morgan fingerprint density at radius 1 is 1.46 bits per heavy atom. The molecule has 3 nitrogen and oxygen atoms in total. The summed E-state index contributed by atoms with van der Waals surface area (Å²) in [6.07, 6.45) is 2.86. The fraction of sp³-hybridized carbons (Fsp3) is 0.300. The van der Waals surface area contributed by atoms with Crippen molar-refractivity contribution in [3.05, 3.63) is 24.0 Å². The molecule has 0 aromatic carbocycles. The highest BCUT2D eigenvalue weighted by Crippen LogP contribution is 2.19. The Kier molecular flexibility index (Phi) is 1.72. The van der Waals surface area contributed by atoms with Gasteiger partial charge < -0.3 is 10.3 Å². The molecular weight excluding hydrogens is 162 g/mol. The molecular formula is C10H13N3. The Morgan fingerprint density at radius 2 is 2.23 bits per heavy atom. The topological polar surface area (TPSA) is 43.8 Å². The first-order valence-corrected chi connectivity index (χ1v) is 4.42. The van der Waals surface area contributed by atoms with Crippen molar-refractivity contribution in [1.29, 1.82) is 0 Å². The Hall–Kier alpha value is -1.51. The Balaban J connectivity index is 2.77. The molecule has 0 atom stereocenters. The van der Waals surface area contributed by atoms with Gasteiger partial charge in [-0.15, -0.1) is 0 Å². The third-order valence-corrected chi connectivity index (χ3v) is 2.41. The normalized spacial score (nSPS) is 10.9. The Morgan fingerprint density at radius 3 is 2.92 bits per heavy atom. The first-order valence-electron chi connectivity index (χ1n) is 4.42. The van der Waals surface area contributed by atoms with Crippen LogP contribution < -0.4 is 5.73 Å². The fourth-order valence-corrected chi connectivity index (χ4v) is 1.64. The van der Waals surface area contributed by atoms with E-state index in [1.54, 1.807) is 0 Å². The van der Waals surface area contributed by atoms with Crippen molar-refractivity contribution in [3.8, 4) is 0 Å². The predicted molar refractivity (Wildman–Crippen MR) is 54.5 cm³/mol. The Labute approximate surface area is 77.2 Å². The number of fused-ring (bicyclic) bond motifs is 1. The van der Waals surface area contributed by atoms with Gasteiger partial charge in [-0.3, -0.25) is 0 Å². The molecule has 0 fully saturated rings. The van der Waals surface area contributed by atoms with Gasteiger partial charge in [0.05, 0.1) is 5.52 Å². The SMILES string of the molecule is CCc1cc2cnc(N)cc2n1C. The van der Waals surface area contributed by atoms with Gasteiger partial charge >= 0.3 is 0 Å². The van der Waals surface area contributed by atoms with Crippen molar-refractivity contribution in [2.45, 2.75) is 13.3 Å². The molecule has 0 aliphatic heterocycles. The second kappa shape index (κ2) is 2.76. The van der Waals surface area contributed by atoms with Gasteiger partial charge in [0.1, 0.15) is 5.82 Å². The van der Waals surface area contributed by atoms with Gasteiger partial charge in [0.25, 0.3) is 0 Å². The number of aromatic nitrogens is 2. The molecule has 0 bridgehead atoms. The zero-order valence-corrected chi connectivity index (χ0v) is 7.91. The lowest BCUT2D eigenvalue weighted by molar-refractivity contribution is 0.865. The van der Waals surface area contributed by atoms with Crippen LogP contribution in [0.4, 0.5) is 5.82 Å². The van der Waals surface area contributed by atoms with E-state index in [9.17, 15) is 0 Å². The van der Waals surface area contributed by atoms with Crippen LogP contribution in [0, 0.1) is 0 Å². The largest absolute Gasteiger partial charge is 0.384 e. The summed E-state index contributed by atoms with van der Waals surface area (Å²) >= 11 is 0. The number of rotatable bonds is 1. The van der Waals surface area contributed by atoms with Gasteiger partial charge in [-0.05, 0) is 12.5 Å². The van der Waals surface area contributed by atoms with E-state index in [0.29, 0.717) is 5.82 Å². The molecule has 0 radical (unpaired) electrons. The number of nitrogens with two attached hydrogens (primary N) is 1. The summed E-state index contributed by atoms with van der Waals surface area (Å²) in [5.41, 5.74) is 8.08. The van der Waals surface area contributed by atoms with Crippen molar-refractivity contribution in [3.63, 3.8) is 0 Å². The van der Waals surface area contributed by atoms with Crippen LogP contribution in [0.15, 0.2) is 18.3 Å². The molecule has 2 aromatic rings. The van der Waals surface area contributed by atoms with Gasteiger partial charge in [-0.1, -0.05) is 6.92 Å². The van der Waals surface area contributed by atoms with Gasteiger partial charge in [-0.2, -0.15) is 0 Å². The monoisotopic (exact) mass is 175 g/mol. The number of anilines is 1. The first kappa shape index (κ1) is 8.10. The highest BCUT2D eigenvalue weighted by molar-refractivity contribution is 5.82. The second-order valence-corrected chi connectivity index (χ2v) is 3.22. The maximum Gasteiger partial charge on any atom is 0.125 e. The second-order valence-electron chi connectivity index (χ2n) is 3.22. The van der Waals surface area contributed by atoms with E-state index >= 15 is 0 Å². The number of nitrogens with zero attached hydrogens (tertiary/aromatic N) is 2. The zero-order valence-electron chi connectivity index (χ0n) is 7.91. The molecule has 2 aromatic heterocycles. The lowest BCUT2D eigenvalue weighted by Gasteiger charge is -2.00. The minimum Gasteiger partial charge on any atom is -0.384 e. The summed E-state index contributed by atoms with van der Waals surface area (Å²) in [5.74, 6) is 0.580. The summed E-state index contributed by atoms with van der Waals surface area (Å²) in [6.45, 7) is 2.14. The van der Waals surface area contributed by atoms with E-state index < -0.39 is 0 Å². The number of hydrogen-bond acceptors (Lipinski definition) is 2. The highest BCUT2D eigenvalue weighted by Gasteiger charge is 2.03. The molecule has 0 saturated carbocycles. The molecule has 2 heterocycles.